The second-order valence-corrected chi connectivity index (χ2v) is 6.72. The Morgan fingerprint density at radius 1 is 1.04 bits per heavy atom. The molecule has 0 N–H and O–H groups in total. The van der Waals surface area contributed by atoms with Crippen molar-refractivity contribution in [1.82, 2.24) is 4.57 Å². The molecular weight excluding hydrogens is 304 g/mol. The van der Waals surface area contributed by atoms with Gasteiger partial charge in [0.25, 0.3) is 5.91 Å². The molecule has 0 spiro atoms. The van der Waals surface area contributed by atoms with Crippen LogP contribution >= 0.6 is 11.3 Å². The van der Waals surface area contributed by atoms with Crippen LogP contribution in [0.3, 0.4) is 0 Å². The number of carbonyl (C=O) groups is 1. The van der Waals surface area contributed by atoms with Gasteiger partial charge in [0.15, 0.2) is 4.80 Å². The fourth-order valence-electron chi connectivity index (χ4n) is 2.81. The zero-order valence-electron chi connectivity index (χ0n) is 13.9. The molecule has 23 heavy (non-hydrogen) atoms. The van der Waals surface area contributed by atoms with Crippen LogP contribution in [0.15, 0.2) is 41.4 Å². The highest BCUT2D eigenvalue weighted by Crippen LogP contribution is 2.24. The zero-order chi connectivity index (χ0) is 16.6. The van der Waals surface area contributed by atoms with Gasteiger partial charge in [-0.15, -0.1) is 0 Å². The van der Waals surface area contributed by atoms with Crippen molar-refractivity contribution in [3.63, 3.8) is 0 Å². The number of amides is 1. The Labute approximate surface area is 139 Å². The van der Waals surface area contributed by atoms with Gasteiger partial charge in [0.05, 0.1) is 10.2 Å². The van der Waals surface area contributed by atoms with Gasteiger partial charge in [-0.05, 0) is 50.5 Å². The Morgan fingerprint density at radius 3 is 2.43 bits per heavy atom. The Bertz CT molecular complexity index is 963. The lowest BCUT2D eigenvalue weighted by Crippen LogP contribution is -2.16. The van der Waals surface area contributed by atoms with Crippen molar-refractivity contribution in [1.29, 1.82) is 0 Å². The van der Waals surface area contributed by atoms with E-state index >= 15 is 0 Å². The van der Waals surface area contributed by atoms with Crippen LogP contribution in [0.2, 0.25) is 0 Å². The van der Waals surface area contributed by atoms with E-state index in [0.29, 0.717) is 5.56 Å². The fraction of sp³-hybridized carbons (Fsp3) is 0.263. The number of thiazole rings is 1. The summed E-state index contributed by atoms with van der Waals surface area (Å²) in [6.45, 7) is 9.03. The van der Waals surface area contributed by atoms with Gasteiger partial charge < -0.3 is 4.57 Å². The second kappa shape index (κ2) is 6.13. The number of fused-ring (bicyclic) bond motifs is 1. The number of nitrogens with zero attached hydrogens (tertiary/aromatic N) is 2. The van der Waals surface area contributed by atoms with Gasteiger partial charge in [-0.3, -0.25) is 4.79 Å². The minimum atomic E-state index is -0.174. The van der Waals surface area contributed by atoms with Crippen molar-refractivity contribution >= 4 is 27.5 Å². The summed E-state index contributed by atoms with van der Waals surface area (Å²) in [5.41, 5.74) is 5.25. The minimum Gasteiger partial charge on any atom is -0.316 e. The quantitative estimate of drug-likeness (QED) is 0.688. The highest BCUT2D eigenvalue weighted by atomic mass is 32.1. The van der Waals surface area contributed by atoms with Gasteiger partial charge in [-0.2, -0.15) is 4.99 Å². The molecule has 0 fully saturated rings. The number of hydrogen-bond acceptors (Lipinski definition) is 2. The van der Waals surface area contributed by atoms with Crippen LogP contribution in [0.1, 0.15) is 34.0 Å². The minimum absolute atomic E-state index is 0.174. The predicted molar refractivity (Wildman–Crippen MR) is 96.0 cm³/mol. The largest absolute Gasteiger partial charge is 0.316 e. The number of benzene rings is 2. The molecule has 1 heterocycles. The van der Waals surface area contributed by atoms with E-state index in [4.69, 9.17) is 0 Å². The molecule has 0 aliphatic rings. The Hall–Kier alpha value is -2.20. The molecule has 4 heteroatoms. The summed E-state index contributed by atoms with van der Waals surface area (Å²) in [5, 5.41) is 0. The first-order chi connectivity index (χ1) is 11.0. The first-order valence-electron chi connectivity index (χ1n) is 7.77. The molecule has 1 aromatic heterocycles. The molecule has 0 saturated heterocycles. The number of rotatable bonds is 2. The van der Waals surface area contributed by atoms with Crippen LogP contribution in [0, 0.1) is 20.8 Å². The standard InChI is InChI=1S/C19H20N2OS/c1-5-21-16-13(3)10-11-14(4)17(16)23-19(21)20-18(22)15-9-7-6-8-12(15)2/h6-11H,5H2,1-4H3. The van der Waals surface area contributed by atoms with Gasteiger partial charge in [-0.1, -0.05) is 41.7 Å². The molecule has 3 rings (SSSR count). The van der Waals surface area contributed by atoms with Crippen LogP contribution in [0.25, 0.3) is 10.2 Å². The molecular formula is C19H20N2OS. The van der Waals surface area contributed by atoms with Gasteiger partial charge in [0, 0.05) is 12.1 Å². The van der Waals surface area contributed by atoms with Crippen LogP contribution in [0.5, 0.6) is 0 Å². The average Bonchev–Trinajstić information content (AvgIpc) is 2.90. The van der Waals surface area contributed by atoms with Gasteiger partial charge in [-0.25, -0.2) is 0 Å². The van der Waals surface area contributed by atoms with E-state index in [1.807, 2.05) is 31.2 Å². The van der Waals surface area contributed by atoms with E-state index in [0.717, 1.165) is 16.9 Å². The molecule has 1 amide bonds. The maximum absolute atomic E-state index is 12.6. The van der Waals surface area contributed by atoms with E-state index in [-0.39, 0.29) is 5.91 Å². The van der Waals surface area contributed by atoms with Crippen LogP contribution < -0.4 is 4.80 Å². The average molecular weight is 324 g/mol. The maximum atomic E-state index is 12.6. The predicted octanol–water partition coefficient (Wildman–Crippen LogP) is 4.39. The highest BCUT2D eigenvalue weighted by Gasteiger charge is 2.12. The highest BCUT2D eigenvalue weighted by molar-refractivity contribution is 7.16. The molecule has 3 nitrogen and oxygen atoms in total. The molecule has 0 aliphatic heterocycles. The molecule has 0 bridgehead atoms. The third kappa shape index (κ3) is 2.75. The molecule has 0 unspecified atom stereocenters. The van der Waals surface area contributed by atoms with Crippen molar-refractivity contribution < 1.29 is 4.79 Å². The third-order valence-corrected chi connectivity index (χ3v) is 5.33. The van der Waals surface area contributed by atoms with E-state index < -0.39 is 0 Å². The summed E-state index contributed by atoms with van der Waals surface area (Å²) in [5.74, 6) is -0.174. The van der Waals surface area contributed by atoms with Crippen LogP contribution in [-0.2, 0) is 6.54 Å². The monoisotopic (exact) mass is 324 g/mol. The lowest BCUT2D eigenvalue weighted by molar-refractivity contribution is 0.0997. The topological polar surface area (TPSA) is 34.4 Å². The number of aromatic nitrogens is 1. The Morgan fingerprint density at radius 2 is 1.74 bits per heavy atom. The zero-order valence-corrected chi connectivity index (χ0v) is 14.7. The molecule has 0 saturated carbocycles. The first-order valence-corrected chi connectivity index (χ1v) is 8.58. The molecule has 0 atom stereocenters. The van der Waals surface area contributed by atoms with Crippen LogP contribution in [0.4, 0.5) is 0 Å². The summed E-state index contributed by atoms with van der Waals surface area (Å²) in [4.78, 5) is 17.8. The molecule has 0 radical (unpaired) electrons. The van der Waals surface area contributed by atoms with Crippen molar-refractivity contribution in [2.75, 3.05) is 0 Å². The van der Waals surface area contributed by atoms with Gasteiger partial charge in [0.1, 0.15) is 0 Å². The molecule has 118 valence electrons. The summed E-state index contributed by atoms with van der Waals surface area (Å²) in [6, 6.07) is 11.8. The van der Waals surface area contributed by atoms with E-state index in [1.54, 1.807) is 11.3 Å². The summed E-state index contributed by atoms with van der Waals surface area (Å²) in [6.07, 6.45) is 0. The normalized spacial score (nSPS) is 12.1. The maximum Gasteiger partial charge on any atom is 0.279 e. The lowest BCUT2D eigenvalue weighted by atomic mass is 10.1. The van der Waals surface area contributed by atoms with Crippen molar-refractivity contribution in [3.05, 3.63) is 63.5 Å². The third-order valence-electron chi connectivity index (χ3n) is 4.11. The fourth-order valence-corrected chi connectivity index (χ4v) is 4.05. The number of carbonyl (C=O) groups excluding carboxylic acids is 1. The van der Waals surface area contributed by atoms with Gasteiger partial charge in [0.2, 0.25) is 0 Å². The number of aryl methyl sites for hydroxylation is 4. The van der Waals surface area contributed by atoms with E-state index in [1.165, 1.54) is 21.3 Å². The van der Waals surface area contributed by atoms with Crippen molar-refractivity contribution in [2.24, 2.45) is 4.99 Å². The summed E-state index contributed by atoms with van der Waals surface area (Å²) >= 11 is 1.59. The first kappa shape index (κ1) is 15.7. The molecule has 0 aliphatic carbocycles. The van der Waals surface area contributed by atoms with E-state index in [2.05, 4.69) is 42.5 Å². The van der Waals surface area contributed by atoms with E-state index in [9.17, 15) is 4.79 Å². The Balaban J connectivity index is 2.24. The summed E-state index contributed by atoms with van der Waals surface area (Å²) < 4.78 is 3.35. The summed E-state index contributed by atoms with van der Waals surface area (Å²) in [7, 11) is 0. The Kier molecular flexibility index (Phi) is 4.18. The smallest absolute Gasteiger partial charge is 0.279 e. The molecule has 2 aromatic carbocycles. The molecule has 3 aromatic rings. The van der Waals surface area contributed by atoms with Crippen molar-refractivity contribution in [2.45, 2.75) is 34.2 Å². The van der Waals surface area contributed by atoms with Crippen molar-refractivity contribution in [3.8, 4) is 0 Å². The van der Waals surface area contributed by atoms with Gasteiger partial charge >= 0.3 is 0 Å². The SMILES string of the molecule is CCn1c(=NC(=O)c2ccccc2C)sc2c(C)ccc(C)c21. The van der Waals surface area contributed by atoms with Crippen LogP contribution in [-0.4, -0.2) is 10.5 Å². The lowest BCUT2D eigenvalue weighted by Gasteiger charge is -2.05. The second-order valence-electron chi connectivity index (χ2n) is 5.74. The number of hydrogen-bond donors (Lipinski definition) is 0.